The Morgan fingerprint density at radius 2 is 1.73 bits per heavy atom. The molecule has 294 valence electrons. The zero-order chi connectivity index (χ0) is 39.7. The molecule has 4 aromatic rings. The Labute approximate surface area is 318 Å². The standard InChI is InChI=1S/C34H37ClF3N9O5.CH2O2/c1-44-27(25-20-47(43-29(25)34(36,37)38)28-6-4-23(18-40-28)52-16-15-51-2)19-41-30(44)31(48)42-22-3-5-24(26(35)17-22)33(50)46-13-11-45(12-14-46)32(49)21-7-9-39-10-8-21;2-1-3/h3-6,17-21,39H,7-16H2,1-2H3,(H,42,48);1H,(H,2,3). The van der Waals surface area contributed by atoms with E-state index in [4.69, 9.17) is 31.0 Å². The number of amides is 3. The van der Waals surface area contributed by atoms with Gasteiger partial charge in [0, 0.05) is 58.1 Å². The Morgan fingerprint density at radius 3 is 2.35 bits per heavy atom. The molecule has 6 rings (SSSR count). The van der Waals surface area contributed by atoms with Gasteiger partial charge in [0.2, 0.25) is 5.91 Å². The molecular weight excluding hydrogens is 751 g/mol. The van der Waals surface area contributed by atoms with Crippen LogP contribution in [0, 0.1) is 5.92 Å². The van der Waals surface area contributed by atoms with Gasteiger partial charge in [0.1, 0.15) is 12.4 Å². The first kappa shape index (κ1) is 40.7. The quantitative estimate of drug-likeness (QED) is 0.158. The molecule has 0 aliphatic carbocycles. The zero-order valence-electron chi connectivity index (χ0n) is 29.9. The summed E-state index contributed by atoms with van der Waals surface area (Å²) in [6.45, 7) is 3.64. The molecule has 3 N–H and O–H groups in total. The van der Waals surface area contributed by atoms with Crippen LogP contribution in [-0.2, 0) is 27.5 Å². The molecule has 5 heterocycles. The van der Waals surface area contributed by atoms with Crippen LogP contribution in [0.15, 0.2) is 48.9 Å². The van der Waals surface area contributed by atoms with Crippen molar-refractivity contribution in [1.82, 2.24) is 39.4 Å². The van der Waals surface area contributed by atoms with Crippen molar-refractivity contribution >= 4 is 41.5 Å². The van der Waals surface area contributed by atoms with Crippen LogP contribution in [-0.4, -0.2) is 123 Å². The van der Waals surface area contributed by atoms with Crippen molar-refractivity contribution in [2.45, 2.75) is 19.0 Å². The van der Waals surface area contributed by atoms with Gasteiger partial charge in [-0.15, -0.1) is 0 Å². The maximum atomic E-state index is 14.2. The highest BCUT2D eigenvalue weighted by Gasteiger charge is 2.39. The van der Waals surface area contributed by atoms with E-state index in [1.54, 1.807) is 11.0 Å². The Hall–Kier alpha value is -5.53. The second kappa shape index (κ2) is 18.2. The number of imidazole rings is 1. The lowest BCUT2D eigenvalue weighted by Crippen LogP contribution is -2.52. The van der Waals surface area contributed by atoms with Crippen molar-refractivity contribution in [3.8, 4) is 22.8 Å². The second-order valence-electron chi connectivity index (χ2n) is 12.4. The van der Waals surface area contributed by atoms with Gasteiger partial charge in [-0.3, -0.25) is 19.2 Å². The van der Waals surface area contributed by atoms with Crippen LogP contribution in [0.5, 0.6) is 5.75 Å². The molecular formula is C35H39ClF3N9O7. The molecule has 16 nitrogen and oxygen atoms in total. The second-order valence-corrected chi connectivity index (χ2v) is 12.9. The van der Waals surface area contributed by atoms with Crippen molar-refractivity contribution in [2.24, 2.45) is 13.0 Å². The first-order chi connectivity index (χ1) is 26.4. The minimum Gasteiger partial charge on any atom is -0.490 e. The Morgan fingerprint density at radius 1 is 1.04 bits per heavy atom. The number of halogens is 4. The molecule has 2 aliphatic heterocycles. The highest BCUT2D eigenvalue weighted by molar-refractivity contribution is 6.34. The summed E-state index contributed by atoms with van der Waals surface area (Å²) >= 11 is 6.50. The maximum absolute atomic E-state index is 14.2. The van der Waals surface area contributed by atoms with Crippen LogP contribution in [0.3, 0.4) is 0 Å². The smallest absolute Gasteiger partial charge is 0.435 e. The number of hydrogen-bond donors (Lipinski definition) is 3. The van der Waals surface area contributed by atoms with Crippen molar-refractivity contribution in [3.63, 3.8) is 0 Å². The fraction of sp³-hybridized carbons (Fsp3) is 0.400. The van der Waals surface area contributed by atoms with Crippen molar-refractivity contribution in [3.05, 3.63) is 71.0 Å². The van der Waals surface area contributed by atoms with Crippen molar-refractivity contribution < 1.29 is 46.9 Å². The third-order valence-electron chi connectivity index (χ3n) is 8.99. The van der Waals surface area contributed by atoms with E-state index in [0.717, 1.165) is 43.0 Å². The zero-order valence-corrected chi connectivity index (χ0v) is 30.6. The van der Waals surface area contributed by atoms with E-state index < -0.39 is 17.8 Å². The molecule has 2 saturated heterocycles. The SMILES string of the molecule is COCCOc1ccc(-n2cc(-c3cnc(C(=O)Nc4ccc(C(=O)N5CCN(C(=O)C6CCNCC6)CC5)c(Cl)c4)n3C)c(C(F)(F)F)n2)nc1.O=CO. The van der Waals surface area contributed by atoms with E-state index in [-0.39, 0.29) is 70.0 Å². The number of piperidine rings is 1. The number of aromatic nitrogens is 5. The molecule has 20 heteroatoms. The largest absolute Gasteiger partial charge is 0.490 e. The molecule has 0 atom stereocenters. The molecule has 0 bridgehead atoms. The number of rotatable bonds is 10. The van der Waals surface area contributed by atoms with Crippen LogP contribution in [0.2, 0.25) is 5.02 Å². The molecule has 3 aromatic heterocycles. The Bertz CT molecular complexity index is 1970. The van der Waals surface area contributed by atoms with Gasteiger partial charge in [-0.2, -0.15) is 18.3 Å². The predicted molar refractivity (Wildman–Crippen MR) is 192 cm³/mol. The number of benzene rings is 1. The molecule has 1 aromatic carbocycles. The van der Waals surface area contributed by atoms with Crippen molar-refractivity contribution in [1.29, 1.82) is 0 Å². The summed E-state index contributed by atoms with van der Waals surface area (Å²) in [7, 11) is 2.94. The fourth-order valence-corrected chi connectivity index (χ4v) is 6.44. The van der Waals surface area contributed by atoms with E-state index in [2.05, 4.69) is 25.7 Å². The number of carbonyl (C=O) groups is 4. The maximum Gasteiger partial charge on any atom is 0.435 e. The molecule has 0 unspecified atom stereocenters. The number of methoxy groups -OCH3 is 1. The number of anilines is 1. The molecule has 2 aliphatic rings. The summed E-state index contributed by atoms with van der Waals surface area (Å²) in [5.74, 6) is -0.540. The number of nitrogens with one attached hydrogen (secondary N) is 2. The Balaban J connectivity index is 0.00000187. The van der Waals surface area contributed by atoms with Crippen LogP contribution in [0.4, 0.5) is 18.9 Å². The summed E-state index contributed by atoms with van der Waals surface area (Å²) in [6, 6.07) is 7.43. The lowest BCUT2D eigenvalue weighted by Gasteiger charge is -2.37. The number of hydrogen-bond acceptors (Lipinski definition) is 10. The Kier molecular flexibility index (Phi) is 13.5. The molecule has 3 amide bonds. The number of alkyl halides is 3. The summed E-state index contributed by atoms with van der Waals surface area (Å²) in [6.07, 6.45) is 0.468. The minimum atomic E-state index is -4.83. The van der Waals surface area contributed by atoms with Gasteiger partial charge >= 0.3 is 6.18 Å². The normalized spacial score (nSPS) is 14.9. The van der Waals surface area contributed by atoms with Crippen LogP contribution >= 0.6 is 11.6 Å². The lowest BCUT2D eigenvalue weighted by atomic mass is 9.96. The summed E-state index contributed by atoms with van der Waals surface area (Å²) < 4.78 is 55.1. The van der Waals surface area contributed by atoms with Gasteiger partial charge < -0.3 is 39.6 Å². The first-order valence-corrected chi connectivity index (χ1v) is 17.5. The van der Waals surface area contributed by atoms with E-state index in [1.807, 2.05) is 4.90 Å². The number of piperazine rings is 1. The highest BCUT2D eigenvalue weighted by atomic mass is 35.5. The topological polar surface area (TPSA) is 186 Å². The number of pyridine rings is 1. The molecule has 0 saturated carbocycles. The monoisotopic (exact) mass is 789 g/mol. The average molecular weight is 790 g/mol. The van der Waals surface area contributed by atoms with Gasteiger partial charge in [0.25, 0.3) is 18.3 Å². The fourth-order valence-electron chi connectivity index (χ4n) is 6.18. The van der Waals surface area contributed by atoms with Crippen LogP contribution in [0.25, 0.3) is 17.1 Å². The molecule has 55 heavy (non-hydrogen) atoms. The first-order valence-electron chi connectivity index (χ1n) is 17.1. The van der Waals surface area contributed by atoms with Crippen LogP contribution in [0.1, 0.15) is 39.5 Å². The third kappa shape index (κ3) is 9.78. The predicted octanol–water partition coefficient (Wildman–Crippen LogP) is 3.60. The van der Waals surface area contributed by atoms with E-state index in [1.165, 1.54) is 49.2 Å². The van der Waals surface area contributed by atoms with Gasteiger partial charge in [0.05, 0.1) is 40.8 Å². The minimum absolute atomic E-state index is 0.00791. The van der Waals surface area contributed by atoms with Gasteiger partial charge in [-0.05, 0) is 56.3 Å². The van der Waals surface area contributed by atoms with Crippen LogP contribution < -0.4 is 15.4 Å². The van der Waals surface area contributed by atoms with Gasteiger partial charge in [0.15, 0.2) is 17.3 Å². The molecule has 2 fully saturated rings. The summed E-state index contributed by atoms with van der Waals surface area (Å²) in [4.78, 5) is 59.6. The molecule has 0 spiro atoms. The molecule has 0 radical (unpaired) electrons. The number of ether oxygens (including phenoxy) is 2. The van der Waals surface area contributed by atoms with Gasteiger partial charge in [-0.25, -0.2) is 14.6 Å². The summed E-state index contributed by atoms with van der Waals surface area (Å²) in [5.41, 5.74) is -1.04. The number of nitrogens with zero attached hydrogens (tertiary/aromatic N) is 7. The number of carboxylic acid groups (broad SMARTS) is 1. The summed E-state index contributed by atoms with van der Waals surface area (Å²) in [5, 5.41) is 16.6. The van der Waals surface area contributed by atoms with Gasteiger partial charge in [-0.1, -0.05) is 11.6 Å². The van der Waals surface area contributed by atoms with Crippen molar-refractivity contribution in [2.75, 3.05) is 64.9 Å². The van der Waals surface area contributed by atoms with E-state index in [0.29, 0.717) is 38.5 Å². The highest BCUT2D eigenvalue weighted by Crippen LogP contribution is 2.37. The third-order valence-corrected chi connectivity index (χ3v) is 9.30. The average Bonchev–Trinajstić information content (AvgIpc) is 3.80. The van der Waals surface area contributed by atoms with E-state index in [9.17, 15) is 27.6 Å². The number of carbonyl (C=O) groups excluding carboxylic acids is 3. The lowest BCUT2D eigenvalue weighted by molar-refractivity contribution is -0.141. The van der Waals surface area contributed by atoms with E-state index >= 15 is 0 Å².